The molecule has 0 saturated heterocycles. The number of nitrogens with one attached hydrogen (secondary N) is 3. The van der Waals surface area contributed by atoms with Crippen LogP contribution in [0.5, 0.6) is 5.75 Å². The summed E-state index contributed by atoms with van der Waals surface area (Å²) in [7, 11) is 0. The minimum absolute atomic E-state index is 0.0626. The van der Waals surface area contributed by atoms with Crippen LogP contribution < -0.4 is 20.7 Å². The molecule has 0 aromatic heterocycles. The summed E-state index contributed by atoms with van der Waals surface area (Å²) in [6.07, 6.45) is 5.78. The Labute approximate surface area is 208 Å². The smallest absolute Gasteiger partial charge is 0.243 e. The van der Waals surface area contributed by atoms with E-state index in [9.17, 15) is 9.59 Å². The van der Waals surface area contributed by atoms with Crippen LogP contribution in [0.25, 0.3) is 0 Å². The lowest BCUT2D eigenvalue weighted by Crippen LogP contribution is -2.21. The average molecular weight is 474 g/mol. The van der Waals surface area contributed by atoms with Crippen molar-refractivity contribution in [1.82, 2.24) is 0 Å². The number of rotatable bonds is 14. The van der Waals surface area contributed by atoms with Crippen molar-refractivity contribution in [3.05, 3.63) is 84.4 Å². The van der Waals surface area contributed by atoms with Crippen molar-refractivity contribution in [3.63, 3.8) is 0 Å². The number of aryl methyl sites for hydroxylation is 1. The van der Waals surface area contributed by atoms with Gasteiger partial charge in [-0.3, -0.25) is 9.59 Å². The molecule has 6 heteroatoms. The lowest BCUT2D eigenvalue weighted by molar-refractivity contribution is -0.116. The van der Waals surface area contributed by atoms with Crippen LogP contribution in [0.15, 0.2) is 78.9 Å². The first kappa shape index (κ1) is 25.8. The predicted molar refractivity (Wildman–Crippen MR) is 143 cm³/mol. The van der Waals surface area contributed by atoms with Gasteiger partial charge in [-0.05, 0) is 60.9 Å². The largest absolute Gasteiger partial charge is 0.494 e. The minimum Gasteiger partial charge on any atom is -0.494 e. The fraction of sp³-hybridized carbons (Fsp3) is 0.310. The lowest BCUT2D eigenvalue weighted by Gasteiger charge is -2.11. The molecule has 3 aromatic carbocycles. The van der Waals surface area contributed by atoms with Crippen molar-refractivity contribution in [1.29, 1.82) is 0 Å². The Hall–Kier alpha value is -3.80. The number of hydrogen-bond acceptors (Lipinski definition) is 4. The summed E-state index contributed by atoms with van der Waals surface area (Å²) >= 11 is 0. The highest BCUT2D eigenvalue weighted by atomic mass is 16.5. The van der Waals surface area contributed by atoms with Crippen LogP contribution in [-0.4, -0.2) is 25.0 Å². The van der Waals surface area contributed by atoms with E-state index >= 15 is 0 Å². The molecule has 0 atom stereocenters. The Morgan fingerprint density at radius 3 is 2.17 bits per heavy atom. The van der Waals surface area contributed by atoms with Gasteiger partial charge in [-0.1, -0.05) is 62.6 Å². The molecule has 0 radical (unpaired) electrons. The zero-order chi connectivity index (χ0) is 24.7. The van der Waals surface area contributed by atoms with E-state index in [0.29, 0.717) is 24.2 Å². The average Bonchev–Trinajstić information content (AvgIpc) is 2.88. The third-order valence-electron chi connectivity index (χ3n) is 5.49. The number of ether oxygens (including phenoxy) is 1. The number of anilines is 3. The summed E-state index contributed by atoms with van der Waals surface area (Å²) in [4.78, 5) is 24.7. The summed E-state index contributed by atoms with van der Waals surface area (Å²) in [5, 5.41) is 8.88. The van der Waals surface area contributed by atoms with Gasteiger partial charge in [0.15, 0.2) is 0 Å². The van der Waals surface area contributed by atoms with Gasteiger partial charge < -0.3 is 20.7 Å². The molecule has 2 amide bonds. The number of amides is 2. The van der Waals surface area contributed by atoms with E-state index in [-0.39, 0.29) is 18.4 Å². The second kappa shape index (κ2) is 14.5. The molecule has 3 N–H and O–H groups in total. The van der Waals surface area contributed by atoms with Gasteiger partial charge in [0.1, 0.15) is 5.75 Å². The molecule has 0 spiro atoms. The Morgan fingerprint density at radius 2 is 1.46 bits per heavy atom. The van der Waals surface area contributed by atoms with Crippen LogP contribution in [-0.2, 0) is 16.0 Å². The Morgan fingerprint density at radius 1 is 0.743 bits per heavy atom. The third-order valence-corrected chi connectivity index (χ3v) is 5.49. The van der Waals surface area contributed by atoms with E-state index in [4.69, 9.17) is 4.74 Å². The molecule has 0 aliphatic rings. The van der Waals surface area contributed by atoms with Crippen LogP contribution >= 0.6 is 0 Å². The highest BCUT2D eigenvalue weighted by Gasteiger charge is 2.06. The van der Waals surface area contributed by atoms with E-state index in [1.54, 1.807) is 18.2 Å². The monoisotopic (exact) mass is 473 g/mol. The molecule has 0 bridgehead atoms. The summed E-state index contributed by atoms with van der Waals surface area (Å²) in [6.45, 7) is 3.05. The van der Waals surface area contributed by atoms with Gasteiger partial charge in [0.05, 0.1) is 13.2 Å². The maximum atomic E-state index is 12.4. The Balaban J connectivity index is 1.39. The molecule has 184 valence electrons. The van der Waals surface area contributed by atoms with Crippen LogP contribution in [0.4, 0.5) is 17.1 Å². The SMILES string of the molecule is CCCCCCOc1ccc(NCC(=O)Nc2cccc(NC(=O)CCc3ccccc3)c2)cc1. The summed E-state index contributed by atoms with van der Waals surface area (Å²) in [5.41, 5.74) is 3.25. The van der Waals surface area contributed by atoms with Gasteiger partial charge in [0.25, 0.3) is 0 Å². The van der Waals surface area contributed by atoms with Crippen molar-refractivity contribution in [2.75, 3.05) is 29.1 Å². The fourth-order valence-electron chi connectivity index (χ4n) is 3.58. The maximum absolute atomic E-state index is 12.4. The molecule has 6 nitrogen and oxygen atoms in total. The highest BCUT2D eigenvalue weighted by molar-refractivity contribution is 5.95. The van der Waals surface area contributed by atoms with Crippen molar-refractivity contribution < 1.29 is 14.3 Å². The van der Waals surface area contributed by atoms with Gasteiger partial charge in [-0.15, -0.1) is 0 Å². The number of benzene rings is 3. The predicted octanol–water partition coefficient (Wildman–Crippen LogP) is 6.27. The topological polar surface area (TPSA) is 79.5 Å². The van der Waals surface area contributed by atoms with Gasteiger partial charge in [-0.25, -0.2) is 0 Å². The maximum Gasteiger partial charge on any atom is 0.243 e. The van der Waals surface area contributed by atoms with Crippen LogP contribution in [0.3, 0.4) is 0 Å². The van der Waals surface area contributed by atoms with Crippen molar-refractivity contribution in [2.45, 2.75) is 45.4 Å². The molecule has 0 aliphatic heterocycles. The molecule has 3 aromatic rings. The van der Waals surface area contributed by atoms with Crippen LogP contribution in [0.1, 0.15) is 44.6 Å². The van der Waals surface area contributed by atoms with Crippen LogP contribution in [0.2, 0.25) is 0 Å². The van der Waals surface area contributed by atoms with Gasteiger partial charge in [0, 0.05) is 23.5 Å². The zero-order valence-corrected chi connectivity index (χ0v) is 20.4. The highest BCUT2D eigenvalue weighted by Crippen LogP contribution is 2.18. The molecular weight excluding hydrogens is 438 g/mol. The molecule has 0 fully saturated rings. The number of carbonyl (C=O) groups excluding carboxylic acids is 2. The van der Waals surface area contributed by atoms with Crippen molar-refractivity contribution in [3.8, 4) is 5.75 Å². The van der Waals surface area contributed by atoms with Crippen molar-refractivity contribution >= 4 is 28.9 Å². The lowest BCUT2D eigenvalue weighted by atomic mass is 10.1. The summed E-state index contributed by atoms with van der Waals surface area (Å²) in [6, 6.07) is 24.7. The van der Waals surface area contributed by atoms with E-state index in [1.165, 1.54) is 19.3 Å². The molecule has 0 unspecified atom stereocenters. The first-order chi connectivity index (χ1) is 17.1. The molecule has 35 heavy (non-hydrogen) atoms. The molecule has 0 saturated carbocycles. The van der Waals surface area contributed by atoms with Crippen LogP contribution in [0, 0.1) is 0 Å². The summed E-state index contributed by atoms with van der Waals surface area (Å²) < 4.78 is 5.75. The molecule has 0 heterocycles. The van der Waals surface area contributed by atoms with E-state index in [1.807, 2.05) is 60.7 Å². The second-order valence-electron chi connectivity index (χ2n) is 8.45. The number of hydrogen-bond donors (Lipinski definition) is 3. The molecular formula is C29H35N3O3. The molecule has 3 rings (SSSR count). The Bertz CT molecular complexity index is 1050. The molecule has 0 aliphatic carbocycles. The Kier molecular flexibility index (Phi) is 10.7. The van der Waals surface area contributed by atoms with Crippen molar-refractivity contribution in [2.24, 2.45) is 0 Å². The quantitative estimate of drug-likeness (QED) is 0.241. The number of unbranched alkanes of at least 4 members (excludes halogenated alkanes) is 3. The fourth-order valence-corrected chi connectivity index (χ4v) is 3.58. The number of carbonyl (C=O) groups is 2. The van der Waals surface area contributed by atoms with E-state index < -0.39 is 0 Å². The van der Waals surface area contributed by atoms with Gasteiger partial charge >= 0.3 is 0 Å². The first-order valence-electron chi connectivity index (χ1n) is 12.3. The minimum atomic E-state index is -0.172. The van der Waals surface area contributed by atoms with E-state index in [0.717, 1.165) is 30.0 Å². The first-order valence-corrected chi connectivity index (χ1v) is 12.3. The summed E-state index contributed by atoms with van der Waals surface area (Å²) in [5.74, 6) is 0.598. The normalized spacial score (nSPS) is 10.4. The van der Waals surface area contributed by atoms with Gasteiger partial charge in [-0.2, -0.15) is 0 Å². The third kappa shape index (κ3) is 9.92. The van der Waals surface area contributed by atoms with E-state index in [2.05, 4.69) is 22.9 Å². The zero-order valence-electron chi connectivity index (χ0n) is 20.4. The standard InChI is InChI=1S/C29H35N3O3/c1-2-3-4-8-20-35-27-17-15-24(16-18-27)30-22-29(34)32-26-13-9-12-25(21-26)31-28(33)19-14-23-10-6-5-7-11-23/h5-7,9-13,15-18,21,30H,2-4,8,14,19-20,22H2,1H3,(H,31,33)(H,32,34). The second-order valence-corrected chi connectivity index (χ2v) is 8.45. The van der Waals surface area contributed by atoms with Gasteiger partial charge in [0.2, 0.25) is 11.8 Å².